The highest BCUT2D eigenvalue weighted by molar-refractivity contribution is 5.87. The van der Waals surface area contributed by atoms with E-state index in [1.54, 1.807) is 20.8 Å². The van der Waals surface area contributed by atoms with Crippen LogP contribution in [0.4, 0.5) is 0 Å². The molecule has 1 aromatic carbocycles. The molecule has 0 aliphatic carbocycles. The molecule has 0 bridgehead atoms. The normalized spacial score (nSPS) is 12.5. The van der Waals surface area contributed by atoms with Crippen molar-refractivity contribution in [3.8, 4) is 0 Å². The third-order valence-corrected chi connectivity index (χ3v) is 3.26. The number of ketones is 1. The van der Waals surface area contributed by atoms with Crippen LogP contribution in [0.3, 0.4) is 0 Å². The van der Waals surface area contributed by atoms with Crippen LogP contribution in [0.1, 0.15) is 45.6 Å². The molecule has 0 unspecified atom stereocenters. The van der Waals surface area contributed by atoms with E-state index < -0.39 is 23.4 Å². The average Bonchev–Trinajstić information content (AvgIpc) is 2.50. The van der Waals surface area contributed by atoms with Gasteiger partial charge in [0.05, 0.1) is 11.5 Å². The summed E-state index contributed by atoms with van der Waals surface area (Å²) in [6, 6.07) is 9.50. The fraction of sp³-hybridized carbons (Fsp3) is 0.500. The van der Waals surface area contributed by atoms with Crippen LogP contribution in [0.2, 0.25) is 0 Å². The minimum Gasteiger partial charge on any atom is -0.481 e. The molecule has 1 aromatic rings. The number of carboxylic acids is 1. The summed E-state index contributed by atoms with van der Waals surface area (Å²) in [4.78, 5) is 40.1. The van der Waals surface area contributed by atoms with Gasteiger partial charge in [-0.05, 0) is 32.8 Å². The van der Waals surface area contributed by atoms with Crippen LogP contribution in [0, 0.1) is 5.92 Å². The number of Topliss-reactive ketones (excluding diaryl/α,β-unsaturated/α-hetero) is 1. The van der Waals surface area contributed by atoms with Crippen molar-refractivity contribution in [2.24, 2.45) is 5.92 Å². The third-order valence-electron chi connectivity index (χ3n) is 3.26. The van der Waals surface area contributed by atoms with Gasteiger partial charge in [-0.1, -0.05) is 30.3 Å². The maximum Gasteiger partial charge on any atom is 0.307 e. The molecular formula is C18H25NO5. The van der Waals surface area contributed by atoms with Crippen LogP contribution < -0.4 is 5.48 Å². The van der Waals surface area contributed by atoms with Gasteiger partial charge in [0, 0.05) is 19.3 Å². The molecule has 0 saturated heterocycles. The molecule has 2 N–H and O–H groups in total. The summed E-state index contributed by atoms with van der Waals surface area (Å²) >= 11 is 0. The minimum atomic E-state index is -1.16. The molecule has 0 spiro atoms. The zero-order chi connectivity index (χ0) is 18.2. The first-order chi connectivity index (χ1) is 11.2. The van der Waals surface area contributed by atoms with Gasteiger partial charge in [0.2, 0.25) is 5.91 Å². The van der Waals surface area contributed by atoms with E-state index in [-0.39, 0.29) is 25.0 Å². The quantitative estimate of drug-likeness (QED) is 0.677. The summed E-state index contributed by atoms with van der Waals surface area (Å²) in [5, 5.41) is 9.21. The number of carbonyl (C=O) groups is 3. The largest absolute Gasteiger partial charge is 0.481 e. The number of carbonyl (C=O) groups excluding carboxylic acids is 2. The predicted octanol–water partition coefficient (Wildman–Crippen LogP) is 2.52. The summed E-state index contributed by atoms with van der Waals surface area (Å²) in [6.07, 6.45) is 0.368. The van der Waals surface area contributed by atoms with Crippen molar-refractivity contribution in [1.82, 2.24) is 5.48 Å². The lowest BCUT2D eigenvalue weighted by Gasteiger charge is -2.19. The summed E-state index contributed by atoms with van der Waals surface area (Å²) in [6.45, 7) is 5.28. The van der Waals surface area contributed by atoms with Gasteiger partial charge in [-0.25, -0.2) is 5.48 Å². The van der Waals surface area contributed by atoms with Gasteiger partial charge in [0.1, 0.15) is 5.78 Å². The van der Waals surface area contributed by atoms with E-state index in [2.05, 4.69) is 5.48 Å². The van der Waals surface area contributed by atoms with Crippen LogP contribution in [0.15, 0.2) is 30.3 Å². The first-order valence-corrected chi connectivity index (χ1v) is 7.92. The van der Waals surface area contributed by atoms with Crippen molar-refractivity contribution in [3.05, 3.63) is 35.9 Å². The first-order valence-electron chi connectivity index (χ1n) is 7.92. The van der Waals surface area contributed by atoms with Gasteiger partial charge < -0.3 is 5.11 Å². The van der Waals surface area contributed by atoms with Crippen molar-refractivity contribution >= 4 is 17.7 Å². The molecule has 0 saturated carbocycles. The fourth-order valence-corrected chi connectivity index (χ4v) is 2.03. The number of aliphatic carboxylic acids is 1. The highest BCUT2D eigenvalue weighted by atomic mass is 16.7. The molecule has 1 amide bonds. The number of rotatable bonds is 9. The topological polar surface area (TPSA) is 92.7 Å². The van der Waals surface area contributed by atoms with Gasteiger partial charge in [0.25, 0.3) is 0 Å². The third kappa shape index (κ3) is 8.43. The molecule has 132 valence electrons. The van der Waals surface area contributed by atoms with Gasteiger partial charge >= 0.3 is 5.97 Å². The standard InChI is InChI=1S/C18H25NO5/c1-18(2,3)24-19-16(21)12-14(17(22)23)11-15(20)10-9-13-7-5-4-6-8-13/h4-8,14H,9-12H2,1-3H3,(H,19,21)(H,22,23)/t14-/m0/s1. The fourth-order valence-electron chi connectivity index (χ4n) is 2.03. The first kappa shape index (κ1) is 19.8. The molecular weight excluding hydrogens is 310 g/mol. The molecule has 0 fully saturated rings. The van der Waals surface area contributed by atoms with Crippen LogP contribution in [0.25, 0.3) is 0 Å². The number of aryl methyl sites for hydroxylation is 1. The Bertz CT molecular complexity index is 563. The summed E-state index contributed by atoms with van der Waals surface area (Å²) in [7, 11) is 0. The van der Waals surface area contributed by atoms with Crippen LogP contribution in [-0.4, -0.2) is 28.4 Å². The monoisotopic (exact) mass is 335 g/mol. The van der Waals surface area contributed by atoms with E-state index >= 15 is 0 Å². The molecule has 0 heterocycles. The number of nitrogens with one attached hydrogen (secondary N) is 1. The number of carboxylic acid groups (broad SMARTS) is 1. The second-order valence-corrected chi connectivity index (χ2v) is 6.71. The highest BCUT2D eigenvalue weighted by Gasteiger charge is 2.25. The minimum absolute atomic E-state index is 0.162. The number of amides is 1. The lowest BCUT2D eigenvalue weighted by atomic mass is 9.95. The summed E-state index contributed by atoms with van der Waals surface area (Å²) in [5.74, 6) is -2.92. The van der Waals surface area contributed by atoms with E-state index in [9.17, 15) is 19.5 Å². The molecule has 0 aromatic heterocycles. The molecule has 6 heteroatoms. The van der Waals surface area contributed by atoms with Crippen LogP contribution in [-0.2, 0) is 25.6 Å². The Morgan fingerprint density at radius 1 is 1.12 bits per heavy atom. The van der Waals surface area contributed by atoms with E-state index in [0.29, 0.717) is 6.42 Å². The van der Waals surface area contributed by atoms with Gasteiger partial charge in [0.15, 0.2) is 0 Å². The second kappa shape index (κ2) is 9.17. The molecule has 24 heavy (non-hydrogen) atoms. The number of benzene rings is 1. The van der Waals surface area contributed by atoms with Gasteiger partial charge in [-0.2, -0.15) is 0 Å². The maximum absolute atomic E-state index is 12.0. The van der Waals surface area contributed by atoms with Crippen molar-refractivity contribution in [3.63, 3.8) is 0 Å². The zero-order valence-electron chi connectivity index (χ0n) is 14.4. The lowest BCUT2D eigenvalue weighted by molar-refractivity contribution is -0.152. The number of hydrogen-bond donors (Lipinski definition) is 2. The Morgan fingerprint density at radius 3 is 2.29 bits per heavy atom. The van der Waals surface area contributed by atoms with Crippen LogP contribution >= 0.6 is 0 Å². The van der Waals surface area contributed by atoms with Crippen molar-refractivity contribution in [2.45, 2.75) is 52.1 Å². The molecule has 0 aliphatic rings. The Kier molecular flexibility index (Phi) is 7.58. The van der Waals surface area contributed by atoms with E-state index in [1.807, 2.05) is 30.3 Å². The summed E-state index contributed by atoms with van der Waals surface area (Å²) < 4.78 is 0. The Hall–Kier alpha value is -2.21. The molecule has 0 radical (unpaired) electrons. The highest BCUT2D eigenvalue weighted by Crippen LogP contribution is 2.14. The average molecular weight is 335 g/mol. The maximum atomic E-state index is 12.0. The van der Waals surface area contributed by atoms with E-state index in [1.165, 1.54) is 0 Å². The summed E-state index contributed by atoms with van der Waals surface area (Å²) in [5.41, 5.74) is 2.68. The number of hydrogen-bond acceptors (Lipinski definition) is 4. The Balaban J connectivity index is 2.45. The predicted molar refractivity (Wildman–Crippen MR) is 89.1 cm³/mol. The molecule has 1 rings (SSSR count). The van der Waals surface area contributed by atoms with Crippen molar-refractivity contribution < 1.29 is 24.3 Å². The van der Waals surface area contributed by atoms with E-state index in [4.69, 9.17) is 4.84 Å². The van der Waals surface area contributed by atoms with Gasteiger partial charge in [-0.3, -0.25) is 19.2 Å². The SMILES string of the molecule is CC(C)(C)ONC(=O)C[C@H](CC(=O)CCc1ccccc1)C(=O)O. The van der Waals surface area contributed by atoms with Crippen LogP contribution in [0.5, 0.6) is 0 Å². The second-order valence-electron chi connectivity index (χ2n) is 6.71. The molecule has 0 aliphatic heterocycles. The lowest BCUT2D eigenvalue weighted by Crippen LogP contribution is -2.35. The van der Waals surface area contributed by atoms with Crippen molar-refractivity contribution in [1.29, 1.82) is 0 Å². The van der Waals surface area contributed by atoms with Gasteiger partial charge in [-0.15, -0.1) is 0 Å². The van der Waals surface area contributed by atoms with E-state index in [0.717, 1.165) is 5.56 Å². The zero-order valence-corrected chi connectivity index (χ0v) is 14.4. The molecule has 6 nitrogen and oxygen atoms in total. The van der Waals surface area contributed by atoms with Crippen molar-refractivity contribution in [2.75, 3.05) is 0 Å². The Labute approximate surface area is 142 Å². The number of hydroxylamine groups is 1. The smallest absolute Gasteiger partial charge is 0.307 e. The molecule has 1 atom stereocenters. The Morgan fingerprint density at radius 2 is 1.75 bits per heavy atom.